The summed E-state index contributed by atoms with van der Waals surface area (Å²) in [6, 6.07) is 0. The minimum atomic E-state index is 0.101. The predicted molar refractivity (Wildman–Crippen MR) is 78.6 cm³/mol. The van der Waals surface area contributed by atoms with E-state index in [0.717, 1.165) is 30.8 Å². The molecule has 2 N–H and O–H groups in total. The third-order valence-electron chi connectivity index (χ3n) is 3.46. The summed E-state index contributed by atoms with van der Waals surface area (Å²) in [5.74, 6) is 0. The number of aliphatic hydroxyl groups is 1. The normalized spacial score (nSPS) is 11.0. The number of anilines is 1. The van der Waals surface area contributed by atoms with Gasteiger partial charge in [-0.1, -0.05) is 13.8 Å². The predicted octanol–water partition coefficient (Wildman–Crippen LogP) is 1.35. The Labute approximate surface area is 119 Å². The molecule has 0 saturated heterocycles. The highest BCUT2D eigenvalue weighted by atomic mass is 16.3. The summed E-state index contributed by atoms with van der Waals surface area (Å²) >= 11 is 0. The van der Waals surface area contributed by atoms with Gasteiger partial charge in [0.2, 0.25) is 0 Å². The van der Waals surface area contributed by atoms with Crippen molar-refractivity contribution in [2.45, 2.75) is 39.8 Å². The molecule has 0 spiro atoms. The van der Waals surface area contributed by atoms with E-state index in [1.807, 2.05) is 17.9 Å². The molecule has 2 heterocycles. The van der Waals surface area contributed by atoms with Crippen molar-refractivity contribution in [1.29, 1.82) is 0 Å². The molecule has 6 nitrogen and oxygen atoms in total. The van der Waals surface area contributed by atoms with Gasteiger partial charge in [-0.05, 0) is 12.8 Å². The average Bonchev–Trinajstić information content (AvgIpc) is 3.00. The van der Waals surface area contributed by atoms with Crippen molar-refractivity contribution in [3.05, 3.63) is 29.3 Å². The molecule has 0 unspecified atom stereocenters. The van der Waals surface area contributed by atoms with Crippen LogP contribution in [0, 0.1) is 0 Å². The number of aliphatic hydroxyl groups excluding tert-OH is 1. The summed E-state index contributed by atoms with van der Waals surface area (Å²) < 4.78 is 3.71. The molecule has 2 aromatic rings. The molecule has 0 amide bonds. The lowest BCUT2D eigenvalue weighted by molar-refractivity contribution is 0.269. The highest BCUT2D eigenvalue weighted by Crippen LogP contribution is 2.17. The van der Waals surface area contributed by atoms with E-state index in [-0.39, 0.29) is 6.61 Å². The number of aromatic nitrogens is 4. The van der Waals surface area contributed by atoms with Crippen molar-refractivity contribution in [3.63, 3.8) is 0 Å². The number of aryl methyl sites for hydroxylation is 2. The van der Waals surface area contributed by atoms with Crippen LogP contribution in [0.25, 0.3) is 0 Å². The van der Waals surface area contributed by atoms with Crippen molar-refractivity contribution in [2.24, 2.45) is 7.05 Å². The van der Waals surface area contributed by atoms with Crippen LogP contribution in [0.1, 0.15) is 30.8 Å². The highest BCUT2D eigenvalue weighted by molar-refractivity contribution is 5.40. The molecule has 0 saturated carbocycles. The summed E-state index contributed by atoms with van der Waals surface area (Å²) in [7, 11) is 2.00. The fourth-order valence-corrected chi connectivity index (χ4v) is 2.46. The van der Waals surface area contributed by atoms with Gasteiger partial charge >= 0.3 is 0 Å². The van der Waals surface area contributed by atoms with Crippen LogP contribution in [0.5, 0.6) is 0 Å². The Hall–Kier alpha value is -1.82. The fourth-order valence-electron chi connectivity index (χ4n) is 2.46. The number of hydrogen-bond donors (Lipinski definition) is 2. The van der Waals surface area contributed by atoms with Gasteiger partial charge in [0.15, 0.2) is 0 Å². The molecule has 20 heavy (non-hydrogen) atoms. The summed E-state index contributed by atoms with van der Waals surface area (Å²) in [6.07, 6.45) is 5.60. The maximum atomic E-state index is 8.88. The van der Waals surface area contributed by atoms with Crippen molar-refractivity contribution in [3.8, 4) is 0 Å². The first-order chi connectivity index (χ1) is 9.69. The quantitative estimate of drug-likeness (QED) is 0.801. The third kappa shape index (κ3) is 3.01. The molecular weight excluding hydrogens is 254 g/mol. The molecule has 6 heteroatoms. The molecule has 0 radical (unpaired) electrons. The van der Waals surface area contributed by atoms with Crippen LogP contribution in [-0.2, 0) is 33.0 Å². The zero-order chi connectivity index (χ0) is 14.5. The van der Waals surface area contributed by atoms with Crippen LogP contribution < -0.4 is 5.32 Å². The maximum Gasteiger partial charge on any atom is 0.0729 e. The Morgan fingerprint density at radius 1 is 1.30 bits per heavy atom. The summed E-state index contributed by atoms with van der Waals surface area (Å²) in [4.78, 5) is 0. The summed E-state index contributed by atoms with van der Waals surface area (Å²) in [5.41, 5.74) is 4.68. The topological polar surface area (TPSA) is 67.9 Å². The first kappa shape index (κ1) is 14.6. The Bertz CT molecular complexity index is 558. The van der Waals surface area contributed by atoms with Crippen molar-refractivity contribution >= 4 is 5.69 Å². The first-order valence-electron chi connectivity index (χ1n) is 7.10. The van der Waals surface area contributed by atoms with E-state index in [1.165, 1.54) is 11.3 Å². The second-order valence-corrected chi connectivity index (χ2v) is 4.77. The standard InChI is InChI=1S/C14H23N5O/c1-4-13-12(14(5-2)18(3)17-13)9-15-11-8-16-19(10-11)6-7-20/h8,10,15,20H,4-7,9H2,1-3H3. The molecule has 0 atom stereocenters. The van der Waals surface area contributed by atoms with E-state index in [4.69, 9.17) is 5.11 Å². The largest absolute Gasteiger partial charge is 0.394 e. The lowest BCUT2D eigenvalue weighted by Crippen LogP contribution is -2.05. The molecule has 0 fully saturated rings. The SMILES string of the molecule is CCc1nn(C)c(CC)c1CNc1cnn(CCO)c1. The third-order valence-corrected chi connectivity index (χ3v) is 3.46. The van der Waals surface area contributed by atoms with Gasteiger partial charge in [0.05, 0.1) is 30.7 Å². The molecule has 110 valence electrons. The van der Waals surface area contributed by atoms with Crippen LogP contribution in [0.4, 0.5) is 5.69 Å². The zero-order valence-electron chi connectivity index (χ0n) is 12.4. The zero-order valence-corrected chi connectivity index (χ0v) is 12.4. The Morgan fingerprint density at radius 2 is 2.10 bits per heavy atom. The highest BCUT2D eigenvalue weighted by Gasteiger charge is 2.13. The van der Waals surface area contributed by atoms with E-state index < -0.39 is 0 Å². The Kier molecular flexibility index (Phi) is 4.79. The van der Waals surface area contributed by atoms with E-state index in [0.29, 0.717) is 6.54 Å². The molecule has 0 aliphatic rings. The number of hydrogen-bond acceptors (Lipinski definition) is 4. The van der Waals surface area contributed by atoms with Gasteiger partial charge in [0.1, 0.15) is 0 Å². The second kappa shape index (κ2) is 6.56. The average molecular weight is 277 g/mol. The summed E-state index contributed by atoms with van der Waals surface area (Å²) in [6.45, 7) is 5.66. The minimum absolute atomic E-state index is 0.101. The van der Waals surface area contributed by atoms with Crippen LogP contribution >= 0.6 is 0 Å². The smallest absolute Gasteiger partial charge is 0.0729 e. The molecule has 0 aliphatic heterocycles. The second-order valence-electron chi connectivity index (χ2n) is 4.77. The van der Waals surface area contributed by atoms with Crippen LogP contribution in [0.15, 0.2) is 12.4 Å². The van der Waals surface area contributed by atoms with Crippen LogP contribution in [0.2, 0.25) is 0 Å². The van der Waals surface area contributed by atoms with Gasteiger partial charge in [0, 0.05) is 31.0 Å². The van der Waals surface area contributed by atoms with Gasteiger partial charge in [-0.25, -0.2) is 0 Å². The molecular formula is C14H23N5O. The number of nitrogens with zero attached hydrogens (tertiary/aromatic N) is 4. The minimum Gasteiger partial charge on any atom is -0.394 e. The van der Waals surface area contributed by atoms with Gasteiger partial charge < -0.3 is 10.4 Å². The van der Waals surface area contributed by atoms with Gasteiger partial charge in [-0.3, -0.25) is 9.36 Å². The van der Waals surface area contributed by atoms with Gasteiger partial charge in [0.25, 0.3) is 0 Å². The molecule has 0 aliphatic carbocycles. The number of nitrogens with one attached hydrogen (secondary N) is 1. The molecule has 0 bridgehead atoms. The van der Waals surface area contributed by atoms with Crippen molar-refractivity contribution in [2.75, 3.05) is 11.9 Å². The van der Waals surface area contributed by atoms with E-state index in [9.17, 15) is 0 Å². The molecule has 2 aromatic heterocycles. The van der Waals surface area contributed by atoms with E-state index in [2.05, 4.69) is 29.4 Å². The number of rotatable bonds is 7. The maximum absolute atomic E-state index is 8.88. The monoisotopic (exact) mass is 277 g/mol. The lowest BCUT2D eigenvalue weighted by Gasteiger charge is -2.06. The Morgan fingerprint density at radius 3 is 2.75 bits per heavy atom. The van der Waals surface area contributed by atoms with Crippen molar-refractivity contribution < 1.29 is 5.11 Å². The van der Waals surface area contributed by atoms with E-state index in [1.54, 1.807) is 10.9 Å². The first-order valence-corrected chi connectivity index (χ1v) is 7.10. The summed E-state index contributed by atoms with van der Waals surface area (Å²) in [5, 5.41) is 21.0. The Balaban J connectivity index is 2.09. The van der Waals surface area contributed by atoms with Crippen LogP contribution in [-0.4, -0.2) is 31.3 Å². The molecule has 0 aromatic carbocycles. The van der Waals surface area contributed by atoms with Crippen LogP contribution in [0.3, 0.4) is 0 Å². The van der Waals surface area contributed by atoms with Gasteiger partial charge in [-0.2, -0.15) is 10.2 Å². The molecule has 2 rings (SSSR count). The van der Waals surface area contributed by atoms with E-state index >= 15 is 0 Å². The fraction of sp³-hybridized carbons (Fsp3) is 0.571. The van der Waals surface area contributed by atoms with Crippen molar-refractivity contribution in [1.82, 2.24) is 19.6 Å². The lowest BCUT2D eigenvalue weighted by atomic mass is 10.1. The van der Waals surface area contributed by atoms with Gasteiger partial charge in [-0.15, -0.1) is 0 Å².